The summed E-state index contributed by atoms with van der Waals surface area (Å²) in [6.07, 6.45) is 1.14. The van der Waals surface area contributed by atoms with Gasteiger partial charge in [0.25, 0.3) is 5.91 Å². The molecule has 0 spiro atoms. The predicted octanol–water partition coefficient (Wildman–Crippen LogP) is 3.24. The van der Waals surface area contributed by atoms with Gasteiger partial charge in [-0.15, -0.1) is 0 Å². The molecule has 2 amide bonds. The molecule has 3 aromatic rings. The molecule has 2 atom stereocenters. The number of rotatable bonds is 13. The summed E-state index contributed by atoms with van der Waals surface area (Å²) in [5.74, 6) is -0.181. The van der Waals surface area contributed by atoms with E-state index in [1.165, 1.54) is 7.11 Å². The van der Waals surface area contributed by atoms with Crippen molar-refractivity contribution in [1.82, 2.24) is 20.4 Å². The smallest absolute Gasteiger partial charge is 0.325 e. The van der Waals surface area contributed by atoms with Gasteiger partial charge < -0.3 is 24.8 Å². The number of carbonyl (C=O) groups is 3. The first kappa shape index (κ1) is 29.2. The molecule has 0 aliphatic carbocycles. The summed E-state index contributed by atoms with van der Waals surface area (Å²) in [4.78, 5) is 38.0. The molecule has 39 heavy (non-hydrogen) atoms. The SMILES string of the molecule is CCC(C)Cn1nc(C(=O)N[C@@H](Cc2ccccc2)C(=O)NCC(=O)OC)cc1-c1c(OC)cccc1OC. The fourth-order valence-corrected chi connectivity index (χ4v) is 4.04. The highest BCUT2D eigenvalue weighted by Crippen LogP contribution is 2.39. The Labute approximate surface area is 228 Å². The maximum atomic E-state index is 13.5. The Bertz CT molecular complexity index is 1250. The third-order valence-electron chi connectivity index (χ3n) is 6.42. The second-order valence-corrected chi connectivity index (χ2v) is 9.16. The number of ether oxygens (including phenoxy) is 3. The largest absolute Gasteiger partial charge is 0.496 e. The van der Waals surface area contributed by atoms with Gasteiger partial charge in [-0.05, 0) is 29.7 Å². The van der Waals surface area contributed by atoms with Gasteiger partial charge in [-0.1, -0.05) is 56.7 Å². The van der Waals surface area contributed by atoms with Crippen LogP contribution in [0, 0.1) is 5.92 Å². The van der Waals surface area contributed by atoms with E-state index in [1.54, 1.807) is 25.0 Å². The Morgan fingerprint density at radius 1 is 0.974 bits per heavy atom. The first-order chi connectivity index (χ1) is 18.8. The van der Waals surface area contributed by atoms with Gasteiger partial charge >= 0.3 is 5.97 Å². The van der Waals surface area contributed by atoms with Crippen LogP contribution >= 0.6 is 0 Å². The number of amides is 2. The maximum Gasteiger partial charge on any atom is 0.325 e. The standard InChI is InChI=1S/C29H36N4O6/c1-6-19(2)18-33-23(27-24(37-3)13-10-14-25(27)38-4)16-22(32-33)29(36)31-21(15-20-11-8-7-9-12-20)28(35)30-17-26(34)39-5/h7-14,16,19,21H,6,15,17-18H2,1-5H3,(H,30,35)(H,31,36)/t19?,21-/m0/s1. The summed E-state index contributed by atoms with van der Waals surface area (Å²) in [5.41, 5.74) is 2.32. The van der Waals surface area contributed by atoms with E-state index in [0.717, 1.165) is 12.0 Å². The molecule has 0 fully saturated rings. The summed E-state index contributed by atoms with van der Waals surface area (Å²) in [6, 6.07) is 15.5. The van der Waals surface area contributed by atoms with Crippen LogP contribution < -0.4 is 20.1 Å². The number of esters is 1. The van der Waals surface area contributed by atoms with Crippen molar-refractivity contribution in [2.24, 2.45) is 5.92 Å². The van der Waals surface area contributed by atoms with Crippen LogP contribution in [0.5, 0.6) is 11.5 Å². The van der Waals surface area contributed by atoms with Gasteiger partial charge in [-0.3, -0.25) is 19.1 Å². The number of aromatic nitrogens is 2. The topological polar surface area (TPSA) is 121 Å². The van der Waals surface area contributed by atoms with Crippen LogP contribution in [-0.4, -0.2) is 61.5 Å². The summed E-state index contributed by atoms with van der Waals surface area (Å²) in [7, 11) is 4.38. The van der Waals surface area contributed by atoms with Crippen LogP contribution in [0.4, 0.5) is 0 Å². The second kappa shape index (κ2) is 14.0. The van der Waals surface area contributed by atoms with Crippen molar-refractivity contribution in [3.05, 3.63) is 65.9 Å². The van der Waals surface area contributed by atoms with Gasteiger partial charge in [0, 0.05) is 13.0 Å². The Morgan fingerprint density at radius 3 is 2.23 bits per heavy atom. The lowest BCUT2D eigenvalue weighted by molar-refractivity contribution is -0.141. The van der Waals surface area contributed by atoms with E-state index < -0.39 is 23.8 Å². The number of hydrogen-bond donors (Lipinski definition) is 2. The Balaban J connectivity index is 1.97. The molecule has 1 heterocycles. The lowest BCUT2D eigenvalue weighted by Crippen LogP contribution is -2.49. The molecule has 10 nitrogen and oxygen atoms in total. The quantitative estimate of drug-likeness (QED) is 0.322. The molecule has 1 unspecified atom stereocenters. The minimum atomic E-state index is -0.950. The van der Waals surface area contributed by atoms with Crippen molar-refractivity contribution in [1.29, 1.82) is 0 Å². The van der Waals surface area contributed by atoms with Crippen LogP contribution in [0.25, 0.3) is 11.3 Å². The van der Waals surface area contributed by atoms with E-state index in [9.17, 15) is 14.4 Å². The number of nitrogens with one attached hydrogen (secondary N) is 2. The number of carbonyl (C=O) groups excluding carboxylic acids is 3. The summed E-state index contributed by atoms with van der Waals surface area (Å²) < 4.78 is 17.6. The minimum absolute atomic E-state index is 0.139. The molecule has 0 bridgehead atoms. The number of hydrogen-bond acceptors (Lipinski definition) is 7. The van der Waals surface area contributed by atoms with Gasteiger partial charge in [0.2, 0.25) is 5.91 Å². The van der Waals surface area contributed by atoms with E-state index in [-0.39, 0.29) is 24.6 Å². The molecule has 0 saturated heterocycles. The van der Waals surface area contributed by atoms with E-state index in [0.29, 0.717) is 29.3 Å². The molecule has 3 rings (SSSR count). The Hall–Kier alpha value is -4.34. The highest BCUT2D eigenvalue weighted by atomic mass is 16.5. The monoisotopic (exact) mass is 536 g/mol. The van der Waals surface area contributed by atoms with Crippen molar-refractivity contribution >= 4 is 17.8 Å². The van der Waals surface area contributed by atoms with Crippen LogP contribution in [0.1, 0.15) is 36.3 Å². The second-order valence-electron chi connectivity index (χ2n) is 9.16. The zero-order chi connectivity index (χ0) is 28.4. The van der Waals surface area contributed by atoms with Crippen molar-refractivity contribution in [2.45, 2.75) is 39.3 Å². The first-order valence-corrected chi connectivity index (χ1v) is 12.8. The van der Waals surface area contributed by atoms with Gasteiger partial charge in [0.1, 0.15) is 24.1 Å². The lowest BCUT2D eigenvalue weighted by Gasteiger charge is -2.18. The van der Waals surface area contributed by atoms with Crippen LogP contribution in [-0.2, 0) is 27.3 Å². The Kier molecular flexibility index (Phi) is 10.5. The van der Waals surface area contributed by atoms with E-state index in [4.69, 9.17) is 9.47 Å². The van der Waals surface area contributed by atoms with E-state index >= 15 is 0 Å². The number of methoxy groups -OCH3 is 3. The van der Waals surface area contributed by atoms with Crippen molar-refractivity contribution in [3.8, 4) is 22.8 Å². The van der Waals surface area contributed by atoms with Gasteiger partial charge in [-0.2, -0.15) is 5.10 Å². The third-order valence-corrected chi connectivity index (χ3v) is 6.42. The lowest BCUT2D eigenvalue weighted by atomic mass is 10.0. The summed E-state index contributed by atoms with van der Waals surface area (Å²) in [6.45, 7) is 4.45. The van der Waals surface area contributed by atoms with Crippen LogP contribution in [0.2, 0.25) is 0 Å². The molecule has 10 heteroatoms. The average Bonchev–Trinajstić information content (AvgIpc) is 3.38. The third kappa shape index (κ3) is 7.59. The molecular formula is C29H36N4O6. The first-order valence-electron chi connectivity index (χ1n) is 12.8. The fraction of sp³-hybridized carbons (Fsp3) is 0.379. The molecular weight excluding hydrogens is 500 g/mol. The molecule has 0 radical (unpaired) electrons. The molecule has 1 aromatic heterocycles. The maximum absolute atomic E-state index is 13.5. The zero-order valence-electron chi connectivity index (χ0n) is 23.0. The molecule has 0 aliphatic rings. The van der Waals surface area contributed by atoms with Crippen molar-refractivity contribution in [2.75, 3.05) is 27.9 Å². The highest BCUT2D eigenvalue weighted by molar-refractivity contribution is 5.97. The number of nitrogens with zero attached hydrogens (tertiary/aromatic N) is 2. The van der Waals surface area contributed by atoms with E-state index in [1.807, 2.05) is 48.5 Å². The predicted molar refractivity (Wildman–Crippen MR) is 147 cm³/mol. The molecule has 0 aliphatic heterocycles. The summed E-state index contributed by atoms with van der Waals surface area (Å²) in [5, 5.41) is 9.95. The molecule has 208 valence electrons. The van der Waals surface area contributed by atoms with Crippen molar-refractivity contribution < 1.29 is 28.6 Å². The molecule has 2 aromatic carbocycles. The van der Waals surface area contributed by atoms with Gasteiger partial charge in [-0.25, -0.2) is 0 Å². The molecule has 2 N–H and O–H groups in total. The fourth-order valence-electron chi connectivity index (χ4n) is 4.04. The molecule has 0 saturated carbocycles. The van der Waals surface area contributed by atoms with E-state index in [2.05, 4.69) is 34.3 Å². The number of benzene rings is 2. The van der Waals surface area contributed by atoms with Crippen LogP contribution in [0.3, 0.4) is 0 Å². The Morgan fingerprint density at radius 2 is 1.64 bits per heavy atom. The zero-order valence-corrected chi connectivity index (χ0v) is 23.0. The van der Waals surface area contributed by atoms with Gasteiger partial charge in [0.15, 0.2) is 5.69 Å². The van der Waals surface area contributed by atoms with Crippen molar-refractivity contribution in [3.63, 3.8) is 0 Å². The average molecular weight is 537 g/mol. The van der Waals surface area contributed by atoms with Gasteiger partial charge in [0.05, 0.1) is 32.6 Å². The minimum Gasteiger partial charge on any atom is -0.496 e. The highest BCUT2D eigenvalue weighted by Gasteiger charge is 2.26. The summed E-state index contributed by atoms with van der Waals surface area (Å²) >= 11 is 0. The van der Waals surface area contributed by atoms with Crippen LogP contribution in [0.15, 0.2) is 54.6 Å². The normalized spacial score (nSPS) is 12.2.